The Balaban J connectivity index is 1.76. The highest BCUT2D eigenvalue weighted by Crippen LogP contribution is 2.28. The van der Waals surface area contributed by atoms with Crippen LogP contribution in [0.15, 0.2) is 24.3 Å². The molecule has 0 aliphatic carbocycles. The number of rotatable bonds is 2. The molecule has 2 atom stereocenters. The lowest BCUT2D eigenvalue weighted by Gasteiger charge is -2.20. The van der Waals surface area contributed by atoms with Gasteiger partial charge in [0, 0.05) is 30.9 Å². The molecule has 0 aromatic heterocycles. The van der Waals surface area contributed by atoms with Crippen molar-refractivity contribution in [3.63, 3.8) is 0 Å². The summed E-state index contributed by atoms with van der Waals surface area (Å²) in [6.45, 7) is 2.30. The van der Waals surface area contributed by atoms with Crippen LogP contribution in [0.2, 0.25) is 0 Å². The summed E-state index contributed by atoms with van der Waals surface area (Å²) in [4.78, 5) is 2.42. The van der Waals surface area contributed by atoms with E-state index in [2.05, 4.69) is 22.3 Å². The summed E-state index contributed by atoms with van der Waals surface area (Å²) >= 11 is 0. The zero-order valence-corrected chi connectivity index (χ0v) is 8.23. The summed E-state index contributed by atoms with van der Waals surface area (Å²) in [6.07, 6.45) is 0. The fourth-order valence-electron chi connectivity index (χ4n) is 2.13. The minimum atomic E-state index is 0.747. The summed E-state index contributed by atoms with van der Waals surface area (Å²) in [7, 11) is 1.70. The fraction of sp³-hybridized carbons (Fsp3) is 0.455. The number of benzene rings is 1. The quantitative estimate of drug-likeness (QED) is 0.702. The van der Waals surface area contributed by atoms with E-state index in [-0.39, 0.29) is 0 Å². The van der Waals surface area contributed by atoms with Crippen LogP contribution in [0, 0.1) is 0 Å². The Labute approximate surface area is 83.7 Å². The molecule has 3 heteroatoms. The Kier molecular flexibility index (Phi) is 1.67. The topological polar surface area (TPSA) is 34.4 Å². The van der Waals surface area contributed by atoms with Crippen molar-refractivity contribution in [2.75, 3.05) is 25.1 Å². The average Bonchev–Trinajstić information content (AvgIpc) is 2.86. The van der Waals surface area contributed by atoms with Crippen molar-refractivity contribution in [1.29, 1.82) is 0 Å². The van der Waals surface area contributed by atoms with Gasteiger partial charge in [0.25, 0.3) is 0 Å². The second-order valence-corrected chi connectivity index (χ2v) is 3.98. The monoisotopic (exact) mass is 190 g/mol. The molecule has 14 heavy (non-hydrogen) atoms. The molecule has 2 aliphatic heterocycles. The molecule has 0 spiro atoms. The van der Waals surface area contributed by atoms with Crippen molar-refractivity contribution in [3.05, 3.63) is 24.3 Å². The molecular weight excluding hydrogens is 176 g/mol. The van der Waals surface area contributed by atoms with Crippen LogP contribution in [0.4, 0.5) is 5.69 Å². The number of nitrogens with one attached hydrogen (secondary N) is 1. The van der Waals surface area contributed by atoms with E-state index in [1.165, 1.54) is 5.69 Å². The third kappa shape index (κ3) is 1.24. The smallest absolute Gasteiger partial charge is 0.119 e. The van der Waals surface area contributed by atoms with Gasteiger partial charge in [0.2, 0.25) is 0 Å². The minimum absolute atomic E-state index is 0.747. The third-order valence-corrected chi connectivity index (χ3v) is 3.08. The summed E-state index contributed by atoms with van der Waals surface area (Å²) in [5.41, 5.74) is 1.31. The van der Waals surface area contributed by atoms with Gasteiger partial charge in [-0.25, -0.2) is 0 Å². The molecule has 74 valence electrons. The van der Waals surface area contributed by atoms with Crippen molar-refractivity contribution < 1.29 is 4.74 Å². The lowest BCUT2D eigenvalue weighted by molar-refractivity contribution is 0.415. The molecule has 2 unspecified atom stereocenters. The standard InChI is InChI=1S/C11H14N2O/c1-14-9-4-2-8(3-5-9)13-6-10-11(7-13)12-10/h2-5,10-12H,6-7H2,1H3. The van der Waals surface area contributed by atoms with Crippen LogP contribution in [0.1, 0.15) is 0 Å². The Morgan fingerprint density at radius 1 is 1.21 bits per heavy atom. The van der Waals surface area contributed by atoms with Gasteiger partial charge in [0.15, 0.2) is 0 Å². The molecule has 1 aromatic carbocycles. The van der Waals surface area contributed by atoms with Crippen molar-refractivity contribution in [1.82, 2.24) is 5.32 Å². The first-order chi connectivity index (χ1) is 6.86. The molecule has 2 heterocycles. The number of fused-ring (bicyclic) bond motifs is 1. The van der Waals surface area contributed by atoms with Crippen LogP contribution in [-0.2, 0) is 0 Å². The van der Waals surface area contributed by atoms with E-state index < -0.39 is 0 Å². The van der Waals surface area contributed by atoms with Crippen LogP contribution >= 0.6 is 0 Å². The van der Waals surface area contributed by atoms with Gasteiger partial charge in [-0.1, -0.05) is 0 Å². The molecule has 0 bridgehead atoms. The molecule has 2 fully saturated rings. The maximum Gasteiger partial charge on any atom is 0.119 e. The van der Waals surface area contributed by atoms with Gasteiger partial charge in [-0.15, -0.1) is 0 Å². The number of hydrogen-bond donors (Lipinski definition) is 1. The van der Waals surface area contributed by atoms with Crippen molar-refractivity contribution in [3.8, 4) is 5.75 Å². The second-order valence-electron chi connectivity index (χ2n) is 3.98. The predicted octanol–water partition coefficient (Wildman–Crippen LogP) is 0.856. The van der Waals surface area contributed by atoms with Gasteiger partial charge in [0.05, 0.1) is 7.11 Å². The van der Waals surface area contributed by atoms with Crippen LogP contribution in [0.25, 0.3) is 0 Å². The van der Waals surface area contributed by atoms with E-state index >= 15 is 0 Å². The molecule has 1 aromatic rings. The van der Waals surface area contributed by atoms with E-state index in [9.17, 15) is 0 Å². The molecule has 0 radical (unpaired) electrons. The van der Waals surface area contributed by atoms with Crippen molar-refractivity contribution in [2.45, 2.75) is 12.1 Å². The summed E-state index contributed by atoms with van der Waals surface area (Å²) < 4.78 is 5.13. The Morgan fingerprint density at radius 2 is 1.86 bits per heavy atom. The van der Waals surface area contributed by atoms with Crippen LogP contribution in [0.3, 0.4) is 0 Å². The maximum atomic E-state index is 5.13. The van der Waals surface area contributed by atoms with Crippen LogP contribution in [0.5, 0.6) is 5.75 Å². The summed E-state index contributed by atoms with van der Waals surface area (Å²) in [5.74, 6) is 0.927. The van der Waals surface area contributed by atoms with Gasteiger partial charge >= 0.3 is 0 Å². The number of methoxy groups -OCH3 is 1. The highest BCUT2D eigenvalue weighted by molar-refractivity contribution is 5.51. The highest BCUT2D eigenvalue weighted by Gasteiger charge is 2.44. The SMILES string of the molecule is COc1ccc(N2CC3NC3C2)cc1. The number of hydrogen-bond acceptors (Lipinski definition) is 3. The molecule has 3 rings (SSSR count). The van der Waals surface area contributed by atoms with Gasteiger partial charge in [-0.05, 0) is 24.3 Å². The number of piperazine rings is 1. The van der Waals surface area contributed by atoms with E-state index in [0.29, 0.717) is 0 Å². The molecule has 0 saturated carbocycles. The lowest BCUT2D eigenvalue weighted by atomic mass is 10.3. The predicted molar refractivity (Wildman–Crippen MR) is 55.9 cm³/mol. The van der Waals surface area contributed by atoms with Crippen LogP contribution < -0.4 is 15.0 Å². The van der Waals surface area contributed by atoms with E-state index in [0.717, 1.165) is 30.9 Å². The molecule has 2 aliphatic rings. The Bertz CT molecular complexity index is 326. The van der Waals surface area contributed by atoms with Crippen LogP contribution in [-0.4, -0.2) is 32.3 Å². The largest absolute Gasteiger partial charge is 0.497 e. The molecular formula is C11H14N2O. The lowest BCUT2D eigenvalue weighted by Crippen LogP contribution is -2.26. The summed E-state index contributed by atoms with van der Waals surface area (Å²) in [6, 6.07) is 9.79. The van der Waals surface area contributed by atoms with Gasteiger partial charge < -0.3 is 15.0 Å². The second kappa shape index (κ2) is 2.89. The van der Waals surface area contributed by atoms with Gasteiger partial charge in [-0.3, -0.25) is 0 Å². The number of ether oxygens (including phenoxy) is 1. The zero-order chi connectivity index (χ0) is 9.54. The van der Waals surface area contributed by atoms with Gasteiger partial charge in [-0.2, -0.15) is 0 Å². The molecule has 2 saturated heterocycles. The average molecular weight is 190 g/mol. The Hall–Kier alpha value is -1.22. The highest BCUT2D eigenvalue weighted by atomic mass is 16.5. The summed E-state index contributed by atoms with van der Waals surface area (Å²) in [5, 5.41) is 3.42. The molecule has 3 nitrogen and oxygen atoms in total. The van der Waals surface area contributed by atoms with E-state index in [1.807, 2.05) is 12.1 Å². The van der Waals surface area contributed by atoms with Crippen molar-refractivity contribution >= 4 is 5.69 Å². The third-order valence-electron chi connectivity index (χ3n) is 3.08. The first-order valence-electron chi connectivity index (χ1n) is 5.02. The number of nitrogens with zero attached hydrogens (tertiary/aromatic N) is 1. The van der Waals surface area contributed by atoms with E-state index in [1.54, 1.807) is 7.11 Å². The molecule has 1 N–H and O–H groups in total. The number of anilines is 1. The first kappa shape index (κ1) is 8.12. The molecule has 0 amide bonds. The van der Waals surface area contributed by atoms with E-state index in [4.69, 9.17) is 4.74 Å². The fourth-order valence-corrected chi connectivity index (χ4v) is 2.13. The maximum absolute atomic E-state index is 5.13. The normalized spacial score (nSPS) is 28.8. The zero-order valence-electron chi connectivity index (χ0n) is 8.23. The van der Waals surface area contributed by atoms with Crippen molar-refractivity contribution in [2.24, 2.45) is 0 Å². The first-order valence-corrected chi connectivity index (χ1v) is 5.02. The Morgan fingerprint density at radius 3 is 2.43 bits per heavy atom. The van der Waals surface area contributed by atoms with Gasteiger partial charge in [0.1, 0.15) is 5.75 Å². The minimum Gasteiger partial charge on any atom is -0.497 e.